The molecule has 0 atom stereocenters. The Morgan fingerprint density at radius 3 is 2.44 bits per heavy atom. The Morgan fingerprint density at radius 2 is 1.85 bits per heavy atom. The van der Waals surface area contributed by atoms with Gasteiger partial charge < -0.3 is 19.6 Å². The van der Waals surface area contributed by atoms with E-state index < -0.39 is 5.41 Å². The number of anilines is 2. The number of nitrogens with one attached hydrogen (secondary N) is 1. The van der Waals surface area contributed by atoms with Crippen LogP contribution in [0.15, 0.2) is 34.9 Å². The van der Waals surface area contributed by atoms with E-state index in [4.69, 9.17) is 4.52 Å². The average Bonchev–Trinajstić information content (AvgIpc) is 3.39. The van der Waals surface area contributed by atoms with Crippen molar-refractivity contribution in [2.45, 2.75) is 26.7 Å². The summed E-state index contributed by atoms with van der Waals surface area (Å²) in [4.78, 5) is 29.8. The fourth-order valence-electron chi connectivity index (χ4n) is 3.62. The summed E-state index contributed by atoms with van der Waals surface area (Å²) in [5.41, 5.74) is 1.48. The van der Waals surface area contributed by atoms with Gasteiger partial charge in [-0.3, -0.25) is 9.59 Å². The molecular weight excluding hydrogens is 344 g/mol. The number of aromatic nitrogens is 1. The van der Waals surface area contributed by atoms with E-state index >= 15 is 0 Å². The van der Waals surface area contributed by atoms with Crippen molar-refractivity contribution in [1.29, 1.82) is 0 Å². The highest BCUT2D eigenvalue weighted by molar-refractivity contribution is 6.12. The molecule has 1 saturated heterocycles. The molecule has 142 valence electrons. The lowest BCUT2D eigenvalue weighted by Crippen LogP contribution is -2.52. The fraction of sp³-hybridized carbons (Fsp3) is 0.450. The van der Waals surface area contributed by atoms with Crippen molar-refractivity contribution in [1.82, 2.24) is 10.1 Å². The van der Waals surface area contributed by atoms with Gasteiger partial charge in [0, 0.05) is 37.9 Å². The van der Waals surface area contributed by atoms with Crippen molar-refractivity contribution in [3.63, 3.8) is 0 Å². The minimum absolute atomic E-state index is 0.0656. The standard InChI is InChI=1S/C20H24N4O3/c1-14-4-3-5-16(12-14)23-8-10-24(11-9-23)19(26)20(6-7-20)18(25)21-17-13-15(2)27-22-17/h3-5,12-13H,6-11H2,1-2H3,(H,21,22,25). The molecule has 0 bridgehead atoms. The quantitative estimate of drug-likeness (QED) is 0.838. The van der Waals surface area contributed by atoms with Crippen LogP contribution in [-0.4, -0.2) is 48.0 Å². The number of rotatable bonds is 4. The van der Waals surface area contributed by atoms with Crippen LogP contribution >= 0.6 is 0 Å². The molecule has 4 rings (SSSR count). The molecule has 0 radical (unpaired) electrons. The minimum atomic E-state index is -0.932. The first-order chi connectivity index (χ1) is 13.0. The maximum atomic E-state index is 13.0. The number of piperazine rings is 1. The summed E-state index contributed by atoms with van der Waals surface area (Å²) in [7, 11) is 0. The van der Waals surface area contributed by atoms with Crippen LogP contribution < -0.4 is 10.2 Å². The summed E-state index contributed by atoms with van der Waals surface area (Å²) in [6.07, 6.45) is 1.18. The molecule has 0 unspecified atom stereocenters. The van der Waals surface area contributed by atoms with Crippen LogP contribution in [-0.2, 0) is 9.59 Å². The van der Waals surface area contributed by atoms with Crippen LogP contribution in [0.25, 0.3) is 0 Å². The van der Waals surface area contributed by atoms with E-state index in [-0.39, 0.29) is 11.8 Å². The summed E-state index contributed by atoms with van der Waals surface area (Å²) in [5, 5.41) is 6.51. The van der Waals surface area contributed by atoms with Gasteiger partial charge in [-0.2, -0.15) is 0 Å². The highest BCUT2D eigenvalue weighted by Crippen LogP contribution is 2.48. The maximum absolute atomic E-state index is 13.0. The van der Waals surface area contributed by atoms with Crippen molar-refractivity contribution in [2.24, 2.45) is 5.41 Å². The van der Waals surface area contributed by atoms with E-state index in [1.54, 1.807) is 13.0 Å². The lowest BCUT2D eigenvalue weighted by atomic mass is 10.0. The zero-order chi connectivity index (χ0) is 19.0. The first kappa shape index (κ1) is 17.6. The molecule has 0 spiro atoms. The number of hydrogen-bond donors (Lipinski definition) is 1. The van der Waals surface area contributed by atoms with Crippen LogP contribution in [0.1, 0.15) is 24.2 Å². The second kappa shape index (κ2) is 6.72. The third-order valence-electron chi connectivity index (χ3n) is 5.40. The van der Waals surface area contributed by atoms with Crippen molar-refractivity contribution in [2.75, 3.05) is 36.4 Å². The second-order valence-electron chi connectivity index (χ2n) is 7.48. The van der Waals surface area contributed by atoms with Gasteiger partial charge in [-0.05, 0) is 44.4 Å². The second-order valence-corrected chi connectivity index (χ2v) is 7.48. The van der Waals surface area contributed by atoms with Crippen LogP contribution in [0.5, 0.6) is 0 Å². The monoisotopic (exact) mass is 368 g/mol. The Morgan fingerprint density at radius 1 is 1.11 bits per heavy atom. The van der Waals surface area contributed by atoms with Gasteiger partial charge in [-0.15, -0.1) is 0 Å². The molecule has 27 heavy (non-hydrogen) atoms. The molecule has 1 aromatic carbocycles. The molecule has 1 aliphatic carbocycles. The van der Waals surface area contributed by atoms with Crippen LogP contribution in [0.3, 0.4) is 0 Å². The van der Waals surface area contributed by atoms with E-state index in [1.165, 1.54) is 11.3 Å². The van der Waals surface area contributed by atoms with E-state index in [9.17, 15) is 9.59 Å². The highest BCUT2D eigenvalue weighted by Gasteiger charge is 2.58. The molecule has 2 aromatic rings. The van der Waals surface area contributed by atoms with Crippen molar-refractivity contribution in [3.8, 4) is 0 Å². The average molecular weight is 368 g/mol. The van der Waals surface area contributed by atoms with Gasteiger partial charge in [0.1, 0.15) is 11.2 Å². The van der Waals surface area contributed by atoms with E-state index in [0.29, 0.717) is 37.5 Å². The molecule has 2 fully saturated rings. The van der Waals surface area contributed by atoms with Crippen LogP contribution in [0.4, 0.5) is 11.5 Å². The summed E-state index contributed by atoms with van der Waals surface area (Å²) in [6.45, 7) is 6.64. The van der Waals surface area contributed by atoms with Gasteiger partial charge in [-0.1, -0.05) is 17.3 Å². The number of benzene rings is 1. The first-order valence-electron chi connectivity index (χ1n) is 9.34. The summed E-state index contributed by atoms with van der Waals surface area (Å²) in [6, 6.07) is 10.0. The summed E-state index contributed by atoms with van der Waals surface area (Å²) in [5.74, 6) is 0.639. The van der Waals surface area contributed by atoms with Crippen LogP contribution in [0, 0.1) is 19.3 Å². The van der Waals surface area contributed by atoms with Gasteiger partial charge in [0.15, 0.2) is 5.82 Å². The molecule has 2 heterocycles. The Labute approximate surface area is 158 Å². The zero-order valence-corrected chi connectivity index (χ0v) is 15.7. The van der Waals surface area contributed by atoms with Crippen LogP contribution in [0.2, 0.25) is 0 Å². The van der Waals surface area contributed by atoms with Crippen molar-refractivity contribution < 1.29 is 14.1 Å². The number of aryl methyl sites for hydroxylation is 2. The van der Waals surface area contributed by atoms with Crippen molar-refractivity contribution in [3.05, 3.63) is 41.7 Å². The third-order valence-corrected chi connectivity index (χ3v) is 5.40. The number of amides is 2. The lowest BCUT2D eigenvalue weighted by molar-refractivity contribution is -0.142. The predicted molar refractivity (Wildman–Crippen MR) is 102 cm³/mol. The van der Waals surface area contributed by atoms with Crippen molar-refractivity contribution >= 4 is 23.3 Å². The topological polar surface area (TPSA) is 78.7 Å². The molecule has 1 N–H and O–H groups in total. The van der Waals surface area contributed by atoms with Gasteiger partial charge in [0.2, 0.25) is 11.8 Å². The molecule has 7 heteroatoms. The third kappa shape index (κ3) is 3.41. The largest absolute Gasteiger partial charge is 0.368 e. The maximum Gasteiger partial charge on any atom is 0.241 e. The predicted octanol–water partition coefficient (Wildman–Crippen LogP) is 2.36. The number of hydrogen-bond acceptors (Lipinski definition) is 5. The Hall–Kier alpha value is -2.83. The summed E-state index contributed by atoms with van der Waals surface area (Å²) >= 11 is 0. The summed E-state index contributed by atoms with van der Waals surface area (Å²) < 4.78 is 4.97. The molecule has 1 aliphatic heterocycles. The van der Waals surface area contributed by atoms with E-state index in [1.807, 2.05) is 4.90 Å². The SMILES string of the molecule is Cc1cccc(N2CCN(C(=O)C3(C(=O)Nc4cc(C)on4)CC3)CC2)c1. The fourth-order valence-corrected chi connectivity index (χ4v) is 3.62. The van der Waals surface area contributed by atoms with Gasteiger partial charge in [0.25, 0.3) is 0 Å². The number of carbonyl (C=O) groups is 2. The van der Waals surface area contributed by atoms with E-state index in [2.05, 4.69) is 46.6 Å². The molecule has 1 aromatic heterocycles. The lowest BCUT2D eigenvalue weighted by Gasteiger charge is -2.37. The van der Waals surface area contributed by atoms with Gasteiger partial charge in [0.05, 0.1) is 0 Å². The van der Waals surface area contributed by atoms with Gasteiger partial charge in [-0.25, -0.2) is 0 Å². The molecule has 1 saturated carbocycles. The minimum Gasteiger partial charge on any atom is -0.368 e. The Balaban J connectivity index is 1.38. The Bertz CT molecular complexity index is 864. The normalized spacial score (nSPS) is 18.3. The number of nitrogens with zero attached hydrogens (tertiary/aromatic N) is 3. The molecule has 2 amide bonds. The highest BCUT2D eigenvalue weighted by atomic mass is 16.5. The van der Waals surface area contributed by atoms with Gasteiger partial charge >= 0.3 is 0 Å². The molecular formula is C20H24N4O3. The molecule has 7 nitrogen and oxygen atoms in total. The Kier molecular flexibility index (Phi) is 4.37. The van der Waals surface area contributed by atoms with E-state index in [0.717, 1.165) is 13.1 Å². The first-order valence-corrected chi connectivity index (χ1v) is 9.34. The molecule has 2 aliphatic rings. The smallest absolute Gasteiger partial charge is 0.241 e. The zero-order valence-electron chi connectivity index (χ0n) is 15.7. The number of carbonyl (C=O) groups excluding carboxylic acids is 2.